The van der Waals surface area contributed by atoms with Crippen molar-refractivity contribution in [1.29, 1.82) is 0 Å². The Balaban J connectivity index is 1.73. The van der Waals surface area contributed by atoms with Crippen LogP contribution in [0.2, 0.25) is 0 Å². The second-order valence-electron chi connectivity index (χ2n) is 6.81. The maximum atomic E-state index is 13.3. The maximum Gasteiger partial charge on any atom is 0.317 e. The molecule has 1 atom stereocenters. The Morgan fingerprint density at radius 2 is 2.04 bits per heavy atom. The molecule has 1 fully saturated rings. The summed E-state index contributed by atoms with van der Waals surface area (Å²) in [5, 5.41) is 12.3. The Hall–Kier alpha value is -1.73. The minimum absolute atomic E-state index is 0.114. The molecule has 0 aromatic heterocycles. The first-order valence-electron chi connectivity index (χ1n) is 8.71. The summed E-state index contributed by atoms with van der Waals surface area (Å²) in [7, 11) is 1.72. The number of rotatable bonds is 6. The van der Waals surface area contributed by atoms with E-state index < -0.39 is 17.7 Å². The van der Waals surface area contributed by atoms with E-state index in [1.165, 1.54) is 6.07 Å². The zero-order valence-corrected chi connectivity index (χ0v) is 14.8. The van der Waals surface area contributed by atoms with Crippen LogP contribution in [-0.2, 0) is 6.54 Å². The van der Waals surface area contributed by atoms with Gasteiger partial charge in [0.05, 0.1) is 6.10 Å². The third-order valence-electron chi connectivity index (χ3n) is 4.53. The molecule has 25 heavy (non-hydrogen) atoms. The van der Waals surface area contributed by atoms with E-state index in [9.17, 15) is 18.7 Å². The van der Waals surface area contributed by atoms with Gasteiger partial charge < -0.3 is 15.3 Å². The van der Waals surface area contributed by atoms with Crippen LogP contribution in [0.4, 0.5) is 13.6 Å². The molecule has 140 valence electrons. The molecule has 0 bridgehead atoms. The first kappa shape index (κ1) is 19.6. The Morgan fingerprint density at radius 1 is 1.36 bits per heavy atom. The van der Waals surface area contributed by atoms with Gasteiger partial charge in [-0.25, -0.2) is 13.6 Å². The van der Waals surface area contributed by atoms with Crippen LogP contribution < -0.4 is 5.32 Å². The number of amides is 2. The molecule has 2 amide bonds. The predicted molar refractivity (Wildman–Crippen MR) is 92.1 cm³/mol. The van der Waals surface area contributed by atoms with E-state index >= 15 is 0 Å². The SMILES string of the molecule is CC(O)CCN(C)C(=O)NC1CCN(Cc2ccc(F)c(F)c2)CC1. The summed E-state index contributed by atoms with van der Waals surface area (Å²) in [6.45, 7) is 4.38. The van der Waals surface area contributed by atoms with Crippen molar-refractivity contribution in [1.82, 2.24) is 15.1 Å². The normalized spacial score (nSPS) is 17.3. The number of aliphatic hydroxyl groups is 1. The van der Waals surface area contributed by atoms with E-state index in [1.807, 2.05) is 0 Å². The number of hydrogen-bond donors (Lipinski definition) is 2. The first-order chi connectivity index (χ1) is 11.8. The molecule has 1 heterocycles. The molecule has 1 aromatic carbocycles. The van der Waals surface area contributed by atoms with Crippen molar-refractivity contribution in [3.63, 3.8) is 0 Å². The third kappa shape index (κ3) is 6.25. The van der Waals surface area contributed by atoms with E-state index in [4.69, 9.17) is 0 Å². The van der Waals surface area contributed by atoms with Crippen LogP contribution in [0, 0.1) is 11.6 Å². The number of benzene rings is 1. The zero-order chi connectivity index (χ0) is 18.4. The fourth-order valence-corrected chi connectivity index (χ4v) is 2.90. The monoisotopic (exact) mass is 355 g/mol. The van der Waals surface area contributed by atoms with Gasteiger partial charge in [0, 0.05) is 39.3 Å². The highest BCUT2D eigenvalue weighted by molar-refractivity contribution is 5.74. The van der Waals surface area contributed by atoms with Gasteiger partial charge in [-0.1, -0.05) is 6.07 Å². The molecule has 1 aromatic rings. The lowest BCUT2D eigenvalue weighted by Crippen LogP contribution is -2.48. The highest BCUT2D eigenvalue weighted by Gasteiger charge is 2.22. The van der Waals surface area contributed by atoms with E-state index in [1.54, 1.807) is 24.9 Å². The molecule has 5 nitrogen and oxygen atoms in total. The van der Waals surface area contributed by atoms with Crippen LogP contribution in [0.1, 0.15) is 31.7 Å². The molecule has 2 rings (SSSR count). The fraction of sp³-hybridized carbons (Fsp3) is 0.611. The lowest BCUT2D eigenvalue weighted by Gasteiger charge is -2.33. The van der Waals surface area contributed by atoms with E-state index in [-0.39, 0.29) is 12.1 Å². The van der Waals surface area contributed by atoms with Crippen molar-refractivity contribution >= 4 is 6.03 Å². The predicted octanol–water partition coefficient (Wildman–Crippen LogP) is 2.34. The van der Waals surface area contributed by atoms with Crippen LogP contribution in [-0.4, -0.2) is 59.8 Å². The summed E-state index contributed by atoms with van der Waals surface area (Å²) < 4.78 is 26.2. The van der Waals surface area contributed by atoms with Crippen molar-refractivity contribution in [3.8, 4) is 0 Å². The lowest BCUT2D eigenvalue weighted by atomic mass is 10.0. The topological polar surface area (TPSA) is 55.8 Å². The molecule has 0 spiro atoms. The summed E-state index contributed by atoms with van der Waals surface area (Å²) in [5.74, 6) is -1.65. The number of likely N-dealkylation sites (tertiary alicyclic amines) is 1. The number of halogens is 2. The second-order valence-corrected chi connectivity index (χ2v) is 6.81. The molecule has 1 saturated heterocycles. The highest BCUT2D eigenvalue weighted by atomic mass is 19.2. The third-order valence-corrected chi connectivity index (χ3v) is 4.53. The van der Waals surface area contributed by atoms with Crippen LogP contribution >= 0.6 is 0 Å². The smallest absolute Gasteiger partial charge is 0.317 e. The number of nitrogens with one attached hydrogen (secondary N) is 1. The summed E-state index contributed by atoms with van der Waals surface area (Å²) in [4.78, 5) is 15.9. The van der Waals surface area contributed by atoms with E-state index in [2.05, 4.69) is 10.2 Å². The molecule has 0 saturated carbocycles. The summed E-state index contributed by atoms with van der Waals surface area (Å²) in [6.07, 6.45) is 1.77. The molecule has 1 aliphatic heterocycles. The number of hydrogen-bond acceptors (Lipinski definition) is 3. The molecule has 2 N–H and O–H groups in total. The number of carbonyl (C=O) groups is 1. The Morgan fingerprint density at radius 3 is 2.64 bits per heavy atom. The molecular formula is C18H27F2N3O2. The maximum absolute atomic E-state index is 13.3. The van der Waals surface area contributed by atoms with Gasteiger partial charge in [-0.05, 0) is 43.9 Å². The van der Waals surface area contributed by atoms with Crippen molar-refractivity contribution in [2.45, 2.75) is 44.9 Å². The molecule has 0 radical (unpaired) electrons. The molecule has 1 unspecified atom stereocenters. The zero-order valence-electron chi connectivity index (χ0n) is 14.8. The fourth-order valence-electron chi connectivity index (χ4n) is 2.90. The number of aliphatic hydroxyl groups excluding tert-OH is 1. The van der Waals surface area contributed by atoms with Crippen LogP contribution in [0.5, 0.6) is 0 Å². The summed E-state index contributed by atoms with van der Waals surface area (Å²) >= 11 is 0. The van der Waals surface area contributed by atoms with Crippen molar-refractivity contribution in [3.05, 3.63) is 35.4 Å². The lowest BCUT2D eigenvalue weighted by molar-refractivity contribution is 0.155. The molecule has 0 aliphatic carbocycles. The highest BCUT2D eigenvalue weighted by Crippen LogP contribution is 2.16. The quantitative estimate of drug-likeness (QED) is 0.824. The minimum atomic E-state index is -0.829. The van der Waals surface area contributed by atoms with Crippen LogP contribution in [0.15, 0.2) is 18.2 Å². The number of piperidine rings is 1. The Kier molecular flexibility index (Phi) is 7.13. The molecular weight excluding hydrogens is 328 g/mol. The van der Waals surface area contributed by atoms with Crippen molar-refractivity contribution < 1.29 is 18.7 Å². The van der Waals surface area contributed by atoms with Gasteiger partial charge >= 0.3 is 6.03 Å². The second kappa shape index (κ2) is 9.10. The number of carbonyl (C=O) groups excluding carboxylic acids is 1. The standard InChI is InChI=1S/C18H27F2N3O2/c1-13(24)5-8-22(2)18(25)21-15-6-9-23(10-7-15)12-14-3-4-16(19)17(20)11-14/h3-4,11,13,15,24H,5-10,12H2,1-2H3,(H,21,25). The van der Waals surface area contributed by atoms with E-state index in [0.29, 0.717) is 19.5 Å². The average molecular weight is 355 g/mol. The number of urea groups is 1. The van der Waals surface area contributed by atoms with Gasteiger partial charge in [0.25, 0.3) is 0 Å². The van der Waals surface area contributed by atoms with Gasteiger partial charge in [0.1, 0.15) is 0 Å². The Labute approximate surface area is 147 Å². The van der Waals surface area contributed by atoms with Gasteiger partial charge in [0.2, 0.25) is 0 Å². The van der Waals surface area contributed by atoms with Crippen LogP contribution in [0.3, 0.4) is 0 Å². The Bertz CT molecular complexity index is 575. The van der Waals surface area contributed by atoms with Crippen molar-refractivity contribution in [2.75, 3.05) is 26.7 Å². The summed E-state index contributed by atoms with van der Waals surface area (Å²) in [6, 6.07) is 3.98. The van der Waals surface area contributed by atoms with Gasteiger partial charge in [-0.2, -0.15) is 0 Å². The molecule has 7 heteroatoms. The van der Waals surface area contributed by atoms with Gasteiger partial charge in [0.15, 0.2) is 11.6 Å². The minimum Gasteiger partial charge on any atom is -0.393 e. The first-order valence-corrected chi connectivity index (χ1v) is 8.71. The summed E-state index contributed by atoms with van der Waals surface area (Å²) in [5.41, 5.74) is 0.749. The van der Waals surface area contributed by atoms with Crippen LogP contribution in [0.25, 0.3) is 0 Å². The number of nitrogens with zero attached hydrogens (tertiary/aromatic N) is 2. The molecule has 1 aliphatic rings. The van der Waals surface area contributed by atoms with E-state index in [0.717, 1.165) is 37.6 Å². The largest absolute Gasteiger partial charge is 0.393 e. The van der Waals surface area contributed by atoms with Crippen molar-refractivity contribution in [2.24, 2.45) is 0 Å². The van der Waals surface area contributed by atoms with Gasteiger partial charge in [-0.15, -0.1) is 0 Å². The van der Waals surface area contributed by atoms with Gasteiger partial charge in [-0.3, -0.25) is 4.90 Å². The average Bonchev–Trinajstić information content (AvgIpc) is 2.57.